The molecule has 1 aliphatic rings. The molecular weight excluding hydrogens is 571 g/mol. The number of hydrogen-bond acceptors (Lipinski definition) is 7. The van der Waals surface area contributed by atoms with Crippen LogP contribution in [-0.4, -0.2) is 59.9 Å². The van der Waals surface area contributed by atoms with Gasteiger partial charge in [-0.05, 0) is 57.4 Å². The summed E-state index contributed by atoms with van der Waals surface area (Å²) in [5.74, 6) is -0.153. The Labute approximate surface area is 255 Å². The normalized spacial score (nSPS) is 18.1. The number of benzene rings is 2. The first-order valence-electron chi connectivity index (χ1n) is 14.9. The number of ether oxygens (including phenoxy) is 1. The Bertz CT molecular complexity index is 1680. The molecular formula is C33H38F3N5OS. The van der Waals surface area contributed by atoms with Gasteiger partial charge in [0.05, 0.1) is 10.3 Å². The number of likely N-dealkylation sites (tertiary alicyclic amines) is 1. The van der Waals surface area contributed by atoms with Crippen LogP contribution in [0.1, 0.15) is 57.4 Å². The van der Waals surface area contributed by atoms with Gasteiger partial charge in [0.2, 0.25) is 0 Å². The van der Waals surface area contributed by atoms with Crippen molar-refractivity contribution in [1.29, 1.82) is 5.26 Å². The van der Waals surface area contributed by atoms with Crippen molar-refractivity contribution >= 4 is 38.1 Å². The van der Waals surface area contributed by atoms with Gasteiger partial charge in [0, 0.05) is 46.4 Å². The van der Waals surface area contributed by atoms with Crippen molar-refractivity contribution in [3.8, 4) is 23.2 Å². The topological polar surface area (TPSA) is 65.3 Å². The molecule has 6 nitrogen and oxygen atoms in total. The minimum Gasteiger partial charge on any atom is -0.462 e. The minimum atomic E-state index is -0.922. The molecule has 4 aromatic rings. The second kappa shape index (κ2) is 12.7. The summed E-state index contributed by atoms with van der Waals surface area (Å²) in [7, 11) is 1.86. The van der Waals surface area contributed by atoms with Crippen LogP contribution in [0.25, 0.3) is 32.1 Å². The Kier molecular flexibility index (Phi) is 9.14. The Balaban J connectivity index is 1.70. The molecule has 0 amide bonds. The van der Waals surface area contributed by atoms with Gasteiger partial charge in [0.25, 0.3) is 0 Å². The average Bonchev–Trinajstić information content (AvgIpc) is 3.49. The quantitative estimate of drug-likeness (QED) is 0.181. The van der Waals surface area contributed by atoms with E-state index in [2.05, 4.69) is 43.6 Å². The maximum Gasteiger partial charge on any atom is 0.319 e. The lowest BCUT2D eigenvalue weighted by Gasteiger charge is -2.35. The molecule has 0 aliphatic carbocycles. The van der Waals surface area contributed by atoms with Gasteiger partial charge < -0.3 is 9.64 Å². The van der Waals surface area contributed by atoms with Gasteiger partial charge in [-0.2, -0.15) is 15.2 Å². The molecule has 0 radical (unpaired) electrons. The number of anilines is 1. The number of halogens is 3. The maximum absolute atomic E-state index is 16.7. The van der Waals surface area contributed by atoms with Crippen molar-refractivity contribution in [2.45, 2.75) is 72.1 Å². The van der Waals surface area contributed by atoms with Gasteiger partial charge in [-0.3, -0.25) is 4.90 Å². The molecule has 228 valence electrons. The Hall–Kier alpha value is -3.42. The van der Waals surface area contributed by atoms with Crippen LogP contribution in [0.3, 0.4) is 0 Å². The van der Waals surface area contributed by atoms with Crippen LogP contribution in [0.5, 0.6) is 6.01 Å². The highest BCUT2D eigenvalue weighted by Gasteiger charge is 2.31. The second-order valence-electron chi connectivity index (χ2n) is 11.7. The van der Waals surface area contributed by atoms with E-state index in [1.165, 1.54) is 23.5 Å². The molecule has 0 N–H and O–H groups in total. The van der Waals surface area contributed by atoms with Crippen LogP contribution in [0, 0.1) is 35.8 Å². The molecule has 0 spiro atoms. The molecule has 0 bridgehead atoms. The molecule has 2 aromatic carbocycles. The third-order valence-corrected chi connectivity index (χ3v) is 9.66. The standard InChI is InChI=1S/C33H38F3N5OS/c1-7-9-27(18(3)4)41(8-2)32-24-11-10-23(22-12-13-26(35)31-28(22)25(15-37)19(5)43-31)29(36)30(24)38-33(39-32)42-17-21-14-20(34)16-40(21)6/h10-13,18,20-21,27H,7-9,14,16-17H2,1-6H3. The SMILES string of the molecule is CCCC(C(C)C)N(CC)c1nc(OCC2CC(F)CN2C)nc2c(F)c(-c3ccc(F)c4sc(C)c(C#N)c34)ccc12. The van der Waals surface area contributed by atoms with Crippen LogP contribution in [0.15, 0.2) is 24.3 Å². The Morgan fingerprint density at radius 2 is 1.91 bits per heavy atom. The summed E-state index contributed by atoms with van der Waals surface area (Å²) in [6.07, 6.45) is 1.34. The van der Waals surface area contributed by atoms with Crippen molar-refractivity contribution in [3.63, 3.8) is 0 Å². The molecule has 1 fully saturated rings. The first-order chi connectivity index (χ1) is 20.6. The largest absolute Gasteiger partial charge is 0.462 e. The molecule has 3 heterocycles. The van der Waals surface area contributed by atoms with Crippen molar-refractivity contribution < 1.29 is 17.9 Å². The first-order valence-corrected chi connectivity index (χ1v) is 15.8. The van der Waals surface area contributed by atoms with E-state index in [9.17, 15) is 14.0 Å². The molecule has 1 saturated heterocycles. The van der Waals surface area contributed by atoms with Gasteiger partial charge in [-0.25, -0.2) is 13.2 Å². The van der Waals surface area contributed by atoms with Gasteiger partial charge in [0.15, 0.2) is 5.82 Å². The zero-order chi connectivity index (χ0) is 31.0. The summed E-state index contributed by atoms with van der Waals surface area (Å²) < 4.78 is 51.9. The monoisotopic (exact) mass is 609 g/mol. The summed E-state index contributed by atoms with van der Waals surface area (Å²) in [5.41, 5.74) is 1.07. The highest BCUT2D eigenvalue weighted by molar-refractivity contribution is 7.19. The van der Waals surface area contributed by atoms with E-state index in [1.807, 2.05) is 11.9 Å². The molecule has 43 heavy (non-hydrogen) atoms. The number of thiophene rings is 1. The lowest BCUT2D eigenvalue weighted by atomic mass is 9.95. The second-order valence-corrected chi connectivity index (χ2v) is 12.9. The van der Waals surface area contributed by atoms with E-state index >= 15 is 4.39 Å². The lowest BCUT2D eigenvalue weighted by molar-refractivity contribution is 0.188. The predicted octanol–water partition coefficient (Wildman–Crippen LogP) is 8.04. The smallest absolute Gasteiger partial charge is 0.319 e. The molecule has 10 heteroatoms. The van der Waals surface area contributed by atoms with Gasteiger partial charge in [0.1, 0.15) is 36.0 Å². The summed E-state index contributed by atoms with van der Waals surface area (Å²) in [6.45, 7) is 11.5. The number of nitriles is 1. The number of alkyl halides is 1. The molecule has 3 unspecified atom stereocenters. The third kappa shape index (κ3) is 5.77. The summed E-state index contributed by atoms with van der Waals surface area (Å²) in [5, 5.41) is 10.8. The van der Waals surface area contributed by atoms with Crippen molar-refractivity contribution in [2.24, 2.45) is 5.92 Å². The number of aromatic nitrogens is 2. The number of fused-ring (bicyclic) bond motifs is 2. The first kappa shape index (κ1) is 31.0. The molecule has 5 rings (SSSR count). The van der Waals surface area contributed by atoms with Crippen LogP contribution < -0.4 is 9.64 Å². The Morgan fingerprint density at radius 3 is 2.53 bits per heavy atom. The molecule has 2 aromatic heterocycles. The van der Waals surface area contributed by atoms with Crippen molar-refractivity contribution in [3.05, 3.63) is 46.3 Å². The zero-order valence-electron chi connectivity index (χ0n) is 25.5. The van der Waals surface area contributed by atoms with Gasteiger partial charge in [-0.1, -0.05) is 39.3 Å². The fraction of sp³-hybridized carbons (Fsp3) is 0.485. The van der Waals surface area contributed by atoms with Crippen LogP contribution in [0.4, 0.5) is 19.0 Å². The van der Waals surface area contributed by atoms with Gasteiger partial charge >= 0.3 is 6.01 Å². The highest BCUT2D eigenvalue weighted by Crippen LogP contribution is 2.42. The third-order valence-electron chi connectivity index (χ3n) is 8.54. The number of rotatable bonds is 10. The van der Waals surface area contributed by atoms with Crippen molar-refractivity contribution in [1.82, 2.24) is 14.9 Å². The van der Waals surface area contributed by atoms with Crippen LogP contribution in [0.2, 0.25) is 0 Å². The number of aryl methyl sites for hydroxylation is 1. The van der Waals surface area contributed by atoms with E-state index in [0.29, 0.717) is 62.7 Å². The molecule has 0 saturated carbocycles. The van der Waals surface area contributed by atoms with E-state index in [0.717, 1.165) is 12.8 Å². The predicted molar refractivity (Wildman–Crippen MR) is 168 cm³/mol. The van der Waals surface area contributed by atoms with Crippen LogP contribution >= 0.6 is 11.3 Å². The molecule has 1 aliphatic heterocycles. The summed E-state index contributed by atoms with van der Waals surface area (Å²) in [4.78, 5) is 14.2. The lowest BCUT2D eigenvalue weighted by Crippen LogP contribution is -2.40. The van der Waals surface area contributed by atoms with Crippen molar-refractivity contribution in [2.75, 3.05) is 31.6 Å². The average molecular weight is 610 g/mol. The van der Waals surface area contributed by atoms with Gasteiger partial charge in [-0.15, -0.1) is 11.3 Å². The Morgan fingerprint density at radius 1 is 1.16 bits per heavy atom. The zero-order valence-corrected chi connectivity index (χ0v) is 26.4. The van der Waals surface area contributed by atoms with E-state index in [4.69, 9.17) is 9.72 Å². The number of likely N-dealkylation sites (N-methyl/N-ethyl adjacent to an activating group) is 1. The number of nitrogens with zero attached hydrogens (tertiary/aromatic N) is 5. The van der Waals surface area contributed by atoms with E-state index in [1.54, 1.807) is 19.1 Å². The van der Waals surface area contributed by atoms with Crippen LogP contribution in [-0.2, 0) is 0 Å². The summed E-state index contributed by atoms with van der Waals surface area (Å²) >= 11 is 1.19. The highest BCUT2D eigenvalue weighted by atomic mass is 32.1. The maximum atomic E-state index is 16.7. The number of hydrogen-bond donors (Lipinski definition) is 0. The fourth-order valence-corrected chi connectivity index (χ4v) is 7.36. The molecule has 3 atom stereocenters. The van der Waals surface area contributed by atoms with E-state index in [-0.39, 0.29) is 35.8 Å². The van der Waals surface area contributed by atoms with E-state index < -0.39 is 17.8 Å². The summed E-state index contributed by atoms with van der Waals surface area (Å²) in [6, 6.07) is 8.52. The fourth-order valence-electron chi connectivity index (χ4n) is 6.33. The minimum absolute atomic E-state index is 0.0278.